The molecule has 0 aliphatic carbocycles. The van der Waals surface area contributed by atoms with Gasteiger partial charge in [0.05, 0.1) is 18.9 Å². The minimum atomic E-state index is -0.414. The second-order valence-electron chi connectivity index (χ2n) is 5.12. The zero-order valence-corrected chi connectivity index (χ0v) is 11.2. The Morgan fingerprint density at radius 1 is 1.00 bits per heavy atom. The molecule has 3 nitrogen and oxygen atoms in total. The number of rotatable bonds is 1. The standard InChI is InChI=1S/C16H16FNO2/c1-10-8-19-15-5-3-12(7-16(15)20-9-10)11-2-4-14(18)13(17)6-11/h2-7,10H,8-9,18H2,1H3. The third kappa shape index (κ3) is 2.41. The van der Waals surface area contributed by atoms with Crippen LogP contribution in [-0.2, 0) is 0 Å². The van der Waals surface area contributed by atoms with Crippen molar-refractivity contribution in [3.8, 4) is 22.6 Å². The lowest BCUT2D eigenvalue weighted by molar-refractivity contribution is 0.228. The number of nitrogens with two attached hydrogens (primary N) is 1. The van der Waals surface area contributed by atoms with E-state index in [0.717, 1.165) is 16.9 Å². The van der Waals surface area contributed by atoms with Crippen molar-refractivity contribution in [2.24, 2.45) is 5.92 Å². The molecular weight excluding hydrogens is 257 g/mol. The number of hydrogen-bond donors (Lipinski definition) is 1. The lowest BCUT2D eigenvalue weighted by Crippen LogP contribution is -2.12. The molecule has 1 aliphatic heterocycles. The normalized spacial score (nSPS) is 17.6. The molecule has 0 bridgehead atoms. The fourth-order valence-electron chi connectivity index (χ4n) is 2.14. The third-order valence-corrected chi connectivity index (χ3v) is 3.32. The SMILES string of the molecule is CC1COc2ccc(-c3ccc(N)c(F)c3)cc2OC1. The summed E-state index contributed by atoms with van der Waals surface area (Å²) in [5, 5.41) is 0. The van der Waals surface area contributed by atoms with Crippen LogP contribution in [0.4, 0.5) is 10.1 Å². The van der Waals surface area contributed by atoms with Crippen molar-refractivity contribution in [3.05, 3.63) is 42.2 Å². The van der Waals surface area contributed by atoms with Gasteiger partial charge in [0.1, 0.15) is 5.82 Å². The molecular formula is C16H16FNO2. The quantitative estimate of drug-likeness (QED) is 0.809. The molecule has 0 spiro atoms. The number of nitrogen functional groups attached to an aromatic ring is 1. The van der Waals surface area contributed by atoms with E-state index in [0.29, 0.717) is 24.9 Å². The Morgan fingerprint density at radius 3 is 2.40 bits per heavy atom. The van der Waals surface area contributed by atoms with Gasteiger partial charge in [-0.05, 0) is 35.4 Å². The van der Waals surface area contributed by atoms with Crippen molar-refractivity contribution in [2.45, 2.75) is 6.92 Å². The van der Waals surface area contributed by atoms with Gasteiger partial charge in [-0.3, -0.25) is 0 Å². The van der Waals surface area contributed by atoms with Crippen molar-refractivity contribution in [1.82, 2.24) is 0 Å². The molecule has 4 heteroatoms. The van der Waals surface area contributed by atoms with E-state index in [1.54, 1.807) is 12.1 Å². The van der Waals surface area contributed by atoms with Crippen molar-refractivity contribution >= 4 is 5.69 Å². The van der Waals surface area contributed by atoms with E-state index < -0.39 is 5.82 Å². The van der Waals surface area contributed by atoms with Crippen molar-refractivity contribution in [3.63, 3.8) is 0 Å². The topological polar surface area (TPSA) is 44.5 Å². The first kappa shape index (κ1) is 12.8. The number of ether oxygens (including phenoxy) is 2. The summed E-state index contributed by atoms with van der Waals surface area (Å²) in [5.74, 6) is 1.36. The Kier molecular flexibility index (Phi) is 3.22. The number of anilines is 1. The zero-order valence-electron chi connectivity index (χ0n) is 11.2. The maximum Gasteiger partial charge on any atom is 0.161 e. The third-order valence-electron chi connectivity index (χ3n) is 3.32. The van der Waals surface area contributed by atoms with Gasteiger partial charge in [-0.2, -0.15) is 0 Å². The molecule has 0 radical (unpaired) electrons. The molecule has 0 aromatic heterocycles. The molecule has 2 aromatic carbocycles. The zero-order chi connectivity index (χ0) is 14.1. The summed E-state index contributed by atoms with van der Waals surface area (Å²) >= 11 is 0. The minimum Gasteiger partial charge on any atom is -0.489 e. The van der Waals surface area contributed by atoms with E-state index in [4.69, 9.17) is 15.2 Å². The molecule has 3 rings (SSSR count). The van der Waals surface area contributed by atoms with Crippen molar-refractivity contribution < 1.29 is 13.9 Å². The Labute approximate surface area is 117 Å². The molecule has 2 aromatic rings. The van der Waals surface area contributed by atoms with Gasteiger partial charge < -0.3 is 15.2 Å². The fraction of sp³-hybridized carbons (Fsp3) is 0.250. The van der Waals surface area contributed by atoms with Crippen LogP contribution in [0.25, 0.3) is 11.1 Å². The lowest BCUT2D eigenvalue weighted by atomic mass is 10.0. The summed E-state index contributed by atoms with van der Waals surface area (Å²) in [5.41, 5.74) is 7.28. The van der Waals surface area contributed by atoms with E-state index in [1.807, 2.05) is 18.2 Å². The summed E-state index contributed by atoms with van der Waals surface area (Å²) in [7, 11) is 0. The Balaban J connectivity index is 1.97. The van der Waals surface area contributed by atoms with Gasteiger partial charge in [0.15, 0.2) is 11.5 Å². The highest BCUT2D eigenvalue weighted by Gasteiger charge is 2.15. The average molecular weight is 273 g/mol. The summed E-state index contributed by atoms with van der Waals surface area (Å²) in [6.45, 7) is 3.33. The number of fused-ring (bicyclic) bond motifs is 1. The number of benzene rings is 2. The Hall–Kier alpha value is -2.23. The molecule has 1 aliphatic rings. The van der Waals surface area contributed by atoms with E-state index in [1.165, 1.54) is 6.07 Å². The lowest BCUT2D eigenvalue weighted by Gasteiger charge is -2.10. The van der Waals surface area contributed by atoms with Crippen LogP contribution in [0.3, 0.4) is 0 Å². The largest absolute Gasteiger partial charge is 0.489 e. The highest BCUT2D eigenvalue weighted by molar-refractivity contribution is 5.69. The minimum absolute atomic E-state index is 0.150. The highest BCUT2D eigenvalue weighted by Crippen LogP contribution is 2.35. The second kappa shape index (κ2) is 5.04. The van der Waals surface area contributed by atoms with Crippen LogP contribution >= 0.6 is 0 Å². The Bertz CT molecular complexity index is 642. The number of halogens is 1. The fourth-order valence-corrected chi connectivity index (χ4v) is 2.14. The first-order chi connectivity index (χ1) is 9.63. The van der Waals surface area contributed by atoms with Crippen molar-refractivity contribution in [2.75, 3.05) is 18.9 Å². The Morgan fingerprint density at radius 2 is 1.65 bits per heavy atom. The average Bonchev–Trinajstić information content (AvgIpc) is 2.64. The van der Waals surface area contributed by atoms with Gasteiger partial charge in [0, 0.05) is 5.92 Å². The second-order valence-corrected chi connectivity index (χ2v) is 5.12. The molecule has 1 unspecified atom stereocenters. The molecule has 20 heavy (non-hydrogen) atoms. The van der Waals surface area contributed by atoms with Crippen LogP contribution in [0, 0.1) is 11.7 Å². The van der Waals surface area contributed by atoms with E-state index in [-0.39, 0.29) is 5.69 Å². The van der Waals surface area contributed by atoms with Gasteiger partial charge >= 0.3 is 0 Å². The molecule has 0 fully saturated rings. The van der Waals surface area contributed by atoms with Gasteiger partial charge in [-0.1, -0.05) is 19.1 Å². The first-order valence-corrected chi connectivity index (χ1v) is 6.58. The van der Waals surface area contributed by atoms with Gasteiger partial charge in [-0.25, -0.2) is 4.39 Å². The maximum atomic E-state index is 13.5. The summed E-state index contributed by atoms with van der Waals surface area (Å²) < 4.78 is 24.9. The maximum absolute atomic E-state index is 13.5. The summed E-state index contributed by atoms with van der Waals surface area (Å²) in [6, 6.07) is 10.4. The summed E-state index contributed by atoms with van der Waals surface area (Å²) in [6.07, 6.45) is 0. The van der Waals surface area contributed by atoms with Gasteiger partial charge in [0.25, 0.3) is 0 Å². The van der Waals surface area contributed by atoms with Crippen LogP contribution in [0.15, 0.2) is 36.4 Å². The van der Waals surface area contributed by atoms with Crippen LogP contribution in [0.1, 0.15) is 6.92 Å². The van der Waals surface area contributed by atoms with Crippen LogP contribution in [0.2, 0.25) is 0 Å². The van der Waals surface area contributed by atoms with Gasteiger partial charge in [-0.15, -0.1) is 0 Å². The first-order valence-electron chi connectivity index (χ1n) is 6.58. The monoisotopic (exact) mass is 273 g/mol. The molecule has 104 valence electrons. The predicted octanol–water partition coefficient (Wildman–Crippen LogP) is 3.48. The molecule has 0 saturated heterocycles. The number of hydrogen-bond acceptors (Lipinski definition) is 3. The van der Waals surface area contributed by atoms with Crippen LogP contribution in [0.5, 0.6) is 11.5 Å². The van der Waals surface area contributed by atoms with Crippen LogP contribution < -0.4 is 15.2 Å². The summed E-state index contributed by atoms with van der Waals surface area (Å²) in [4.78, 5) is 0. The highest BCUT2D eigenvalue weighted by atomic mass is 19.1. The van der Waals surface area contributed by atoms with E-state index in [9.17, 15) is 4.39 Å². The predicted molar refractivity (Wildman–Crippen MR) is 76.4 cm³/mol. The molecule has 0 amide bonds. The van der Waals surface area contributed by atoms with Crippen molar-refractivity contribution in [1.29, 1.82) is 0 Å². The smallest absolute Gasteiger partial charge is 0.161 e. The molecule has 1 heterocycles. The van der Waals surface area contributed by atoms with Gasteiger partial charge in [0.2, 0.25) is 0 Å². The molecule has 1 atom stereocenters. The molecule has 0 saturated carbocycles. The van der Waals surface area contributed by atoms with E-state index in [2.05, 4.69) is 6.92 Å². The molecule has 2 N–H and O–H groups in total. The van der Waals surface area contributed by atoms with E-state index >= 15 is 0 Å². The van der Waals surface area contributed by atoms with Crippen LogP contribution in [-0.4, -0.2) is 13.2 Å².